The quantitative estimate of drug-likeness (QED) is 0.763. The van der Waals surface area contributed by atoms with Gasteiger partial charge in [0.25, 0.3) is 0 Å². The lowest BCUT2D eigenvalue weighted by atomic mass is 10.1. The zero-order valence-corrected chi connectivity index (χ0v) is 15.4. The molecule has 1 saturated heterocycles. The van der Waals surface area contributed by atoms with Gasteiger partial charge in [-0.25, -0.2) is 4.98 Å². The number of amidine groups is 1. The fourth-order valence-electron chi connectivity index (χ4n) is 3.76. The third-order valence-corrected chi connectivity index (χ3v) is 5.33. The molecule has 1 fully saturated rings. The normalized spacial score (nSPS) is 17.1. The number of likely N-dealkylation sites (N-methyl/N-ethyl adjacent to an activating group) is 1. The van der Waals surface area contributed by atoms with Crippen LogP contribution in [-0.2, 0) is 6.54 Å². The fourth-order valence-corrected chi connectivity index (χ4v) is 3.76. The summed E-state index contributed by atoms with van der Waals surface area (Å²) in [5.41, 5.74) is 3.14. The average molecular weight is 358 g/mol. The molecule has 1 N–H and O–H groups in total. The van der Waals surface area contributed by atoms with E-state index in [0.29, 0.717) is 6.54 Å². The number of anilines is 2. The van der Waals surface area contributed by atoms with Gasteiger partial charge < -0.3 is 15.1 Å². The molecule has 2 aromatic heterocycles. The van der Waals surface area contributed by atoms with Crippen molar-refractivity contribution >= 4 is 28.1 Å². The lowest BCUT2D eigenvalue weighted by Gasteiger charge is -2.33. The van der Waals surface area contributed by atoms with E-state index in [0.717, 1.165) is 49.2 Å². The maximum absolute atomic E-state index is 4.67. The molecule has 4 heterocycles. The molecule has 3 aromatic rings. The van der Waals surface area contributed by atoms with Crippen LogP contribution in [0.25, 0.3) is 10.8 Å². The highest BCUT2D eigenvalue weighted by Crippen LogP contribution is 2.28. The van der Waals surface area contributed by atoms with Crippen molar-refractivity contribution in [1.29, 1.82) is 0 Å². The number of piperazine rings is 1. The first-order chi connectivity index (χ1) is 13.3. The van der Waals surface area contributed by atoms with E-state index >= 15 is 0 Å². The molecule has 1 aromatic carbocycles. The van der Waals surface area contributed by atoms with E-state index in [1.807, 2.05) is 18.5 Å². The largest absolute Gasteiger partial charge is 0.354 e. The van der Waals surface area contributed by atoms with Crippen LogP contribution in [0, 0.1) is 0 Å². The maximum atomic E-state index is 4.67. The van der Waals surface area contributed by atoms with Gasteiger partial charge in [0.15, 0.2) is 5.84 Å². The molecule has 0 unspecified atom stereocenters. The molecule has 0 radical (unpaired) electrons. The molecule has 2 aliphatic rings. The van der Waals surface area contributed by atoms with Gasteiger partial charge in [0.05, 0.1) is 6.54 Å². The summed E-state index contributed by atoms with van der Waals surface area (Å²) in [6.45, 7) is 4.87. The number of fused-ring (bicyclic) bond motifs is 2. The highest BCUT2D eigenvalue weighted by molar-refractivity contribution is 6.10. The summed E-state index contributed by atoms with van der Waals surface area (Å²) in [5.74, 6) is 1.93. The van der Waals surface area contributed by atoms with Crippen LogP contribution in [0.4, 0.5) is 11.5 Å². The number of hydrogen-bond acceptors (Lipinski definition) is 6. The second-order valence-electron chi connectivity index (χ2n) is 7.16. The molecule has 0 aliphatic carbocycles. The number of rotatable bonds is 2. The lowest BCUT2D eigenvalue weighted by molar-refractivity contribution is 0.312. The first-order valence-corrected chi connectivity index (χ1v) is 9.36. The summed E-state index contributed by atoms with van der Waals surface area (Å²) in [6, 6.07) is 12.5. The van der Waals surface area contributed by atoms with Gasteiger partial charge in [0.1, 0.15) is 11.5 Å². The highest BCUT2D eigenvalue weighted by atomic mass is 15.3. The van der Waals surface area contributed by atoms with Crippen LogP contribution >= 0.6 is 0 Å². The van der Waals surface area contributed by atoms with Crippen LogP contribution in [0.3, 0.4) is 0 Å². The van der Waals surface area contributed by atoms with Crippen molar-refractivity contribution in [2.45, 2.75) is 6.54 Å². The lowest BCUT2D eigenvalue weighted by Crippen LogP contribution is -2.44. The Morgan fingerprint density at radius 3 is 2.74 bits per heavy atom. The fraction of sp³-hybridized carbons (Fsp3) is 0.286. The minimum absolute atomic E-state index is 0.691. The van der Waals surface area contributed by atoms with Crippen LogP contribution in [0.1, 0.15) is 11.3 Å². The zero-order valence-electron chi connectivity index (χ0n) is 15.4. The Labute approximate surface area is 158 Å². The van der Waals surface area contributed by atoms with Crippen molar-refractivity contribution < 1.29 is 0 Å². The van der Waals surface area contributed by atoms with Gasteiger partial charge in [-0.1, -0.05) is 6.07 Å². The number of hydrogen-bond donors (Lipinski definition) is 1. The third kappa shape index (κ3) is 3.02. The first kappa shape index (κ1) is 16.2. The topological polar surface area (TPSA) is 56.6 Å². The Bertz CT molecular complexity index is 1020. The molecular formula is C21H22N6. The SMILES string of the molecule is CN1CCN(c2nccc3cc(NC4=NCc5cccnc54)ccc23)CC1. The van der Waals surface area contributed by atoms with Crippen molar-refractivity contribution in [1.82, 2.24) is 14.9 Å². The molecule has 27 heavy (non-hydrogen) atoms. The Kier molecular flexibility index (Phi) is 3.98. The van der Waals surface area contributed by atoms with Crippen LogP contribution in [0.2, 0.25) is 0 Å². The molecule has 2 aliphatic heterocycles. The van der Waals surface area contributed by atoms with Gasteiger partial charge in [-0.05, 0) is 42.8 Å². The predicted octanol–water partition coefficient (Wildman–Crippen LogP) is 2.75. The van der Waals surface area contributed by atoms with E-state index < -0.39 is 0 Å². The van der Waals surface area contributed by atoms with E-state index in [2.05, 4.69) is 67.5 Å². The third-order valence-electron chi connectivity index (χ3n) is 5.33. The van der Waals surface area contributed by atoms with E-state index in [9.17, 15) is 0 Å². The maximum Gasteiger partial charge on any atom is 0.152 e. The number of nitrogens with one attached hydrogen (secondary N) is 1. The molecule has 0 amide bonds. The first-order valence-electron chi connectivity index (χ1n) is 9.36. The summed E-state index contributed by atoms with van der Waals surface area (Å²) in [6.07, 6.45) is 3.72. The molecule has 5 rings (SSSR count). The van der Waals surface area contributed by atoms with Gasteiger partial charge in [-0.15, -0.1) is 0 Å². The number of benzene rings is 1. The summed E-state index contributed by atoms with van der Waals surface area (Å²) in [5, 5.41) is 5.82. The smallest absolute Gasteiger partial charge is 0.152 e. The van der Waals surface area contributed by atoms with E-state index in [1.165, 1.54) is 16.3 Å². The summed E-state index contributed by atoms with van der Waals surface area (Å²) in [4.78, 5) is 18.5. The number of pyridine rings is 2. The average Bonchev–Trinajstić information content (AvgIpc) is 3.11. The van der Waals surface area contributed by atoms with Crippen LogP contribution < -0.4 is 10.2 Å². The van der Waals surface area contributed by atoms with Crippen LogP contribution in [0.15, 0.2) is 53.8 Å². The van der Waals surface area contributed by atoms with Gasteiger partial charge in [0.2, 0.25) is 0 Å². The summed E-state index contributed by atoms with van der Waals surface area (Å²) < 4.78 is 0. The monoisotopic (exact) mass is 358 g/mol. The molecule has 0 atom stereocenters. The standard InChI is InChI=1S/C21H22N6/c1-26-9-11-27(12-10-26)21-18-5-4-17(13-15(18)6-8-23-21)25-20-19-16(14-24-20)3-2-7-22-19/h2-8,13H,9-12,14H2,1H3,(H,24,25). The summed E-state index contributed by atoms with van der Waals surface area (Å²) >= 11 is 0. The number of aromatic nitrogens is 2. The molecular weight excluding hydrogens is 336 g/mol. The Morgan fingerprint density at radius 2 is 1.85 bits per heavy atom. The number of aliphatic imine (C=N–C) groups is 1. The van der Waals surface area contributed by atoms with Gasteiger partial charge in [0, 0.05) is 55.2 Å². The molecule has 136 valence electrons. The Morgan fingerprint density at radius 1 is 0.963 bits per heavy atom. The molecule has 0 spiro atoms. The van der Waals surface area contributed by atoms with Gasteiger partial charge >= 0.3 is 0 Å². The zero-order chi connectivity index (χ0) is 18.2. The summed E-state index contributed by atoms with van der Waals surface area (Å²) in [7, 11) is 2.17. The molecule has 6 nitrogen and oxygen atoms in total. The van der Waals surface area contributed by atoms with Crippen molar-refractivity contribution in [2.24, 2.45) is 4.99 Å². The molecule has 6 heteroatoms. The van der Waals surface area contributed by atoms with Crippen LogP contribution in [-0.4, -0.2) is 53.9 Å². The van der Waals surface area contributed by atoms with Crippen molar-refractivity contribution in [3.05, 3.63) is 60.0 Å². The van der Waals surface area contributed by atoms with Gasteiger partial charge in [-0.3, -0.25) is 9.98 Å². The minimum Gasteiger partial charge on any atom is -0.354 e. The molecule has 0 saturated carbocycles. The number of nitrogens with zero attached hydrogens (tertiary/aromatic N) is 5. The Balaban J connectivity index is 1.43. The van der Waals surface area contributed by atoms with E-state index in [-0.39, 0.29) is 0 Å². The van der Waals surface area contributed by atoms with E-state index in [1.54, 1.807) is 0 Å². The van der Waals surface area contributed by atoms with Crippen LogP contribution in [0.5, 0.6) is 0 Å². The van der Waals surface area contributed by atoms with Gasteiger partial charge in [-0.2, -0.15) is 0 Å². The predicted molar refractivity (Wildman–Crippen MR) is 110 cm³/mol. The second kappa shape index (κ2) is 6.63. The second-order valence-corrected chi connectivity index (χ2v) is 7.16. The van der Waals surface area contributed by atoms with Crippen molar-refractivity contribution in [3.8, 4) is 0 Å². The van der Waals surface area contributed by atoms with Crippen molar-refractivity contribution in [2.75, 3.05) is 43.4 Å². The minimum atomic E-state index is 0.691. The highest BCUT2D eigenvalue weighted by Gasteiger charge is 2.19. The molecule has 0 bridgehead atoms. The van der Waals surface area contributed by atoms with Crippen molar-refractivity contribution in [3.63, 3.8) is 0 Å². The van der Waals surface area contributed by atoms with E-state index in [4.69, 9.17) is 0 Å². The Hall–Kier alpha value is -2.99.